The van der Waals surface area contributed by atoms with Gasteiger partial charge in [-0.25, -0.2) is 9.67 Å². The highest BCUT2D eigenvalue weighted by atomic mass is 35.5. The SMILES string of the molecule is Cc1ccc(Nc2ncc(Cl)c(N[C@@H]3C[C@@H]4CCCN4C(C)(C)C3)n2)cc1-n1cnnn1. The van der Waals surface area contributed by atoms with Crippen molar-refractivity contribution in [3.05, 3.63) is 41.3 Å². The minimum atomic E-state index is 0.173. The molecule has 3 aromatic rings. The van der Waals surface area contributed by atoms with Crippen LogP contribution in [0.15, 0.2) is 30.7 Å². The van der Waals surface area contributed by atoms with Gasteiger partial charge in [0.05, 0.1) is 11.9 Å². The number of nitrogens with zero attached hydrogens (tertiary/aromatic N) is 7. The van der Waals surface area contributed by atoms with Gasteiger partial charge in [0.15, 0.2) is 5.82 Å². The fraction of sp³-hybridized carbons (Fsp3) is 0.500. The highest BCUT2D eigenvalue weighted by Gasteiger charge is 2.43. The smallest absolute Gasteiger partial charge is 0.229 e. The summed E-state index contributed by atoms with van der Waals surface area (Å²) in [5, 5.41) is 18.8. The molecule has 1 aromatic carbocycles. The maximum Gasteiger partial charge on any atom is 0.229 e. The van der Waals surface area contributed by atoms with E-state index in [1.807, 2.05) is 25.1 Å². The Labute approximate surface area is 192 Å². The van der Waals surface area contributed by atoms with Crippen molar-refractivity contribution in [1.29, 1.82) is 0 Å². The van der Waals surface area contributed by atoms with E-state index in [-0.39, 0.29) is 5.54 Å². The predicted molar refractivity (Wildman–Crippen MR) is 125 cm³/mol. The van der Waals surface area contributed by atoms with Crippen molar-refractivity contribution >= 4 is 29.1 Å². The maximum atomic E-state index is 6.46. The molecular weight excluding hydrogens is 426 g/mol. The number of rotatable bonds is 5. The minimum absolute atomic E-state index is 0.173. The van der Waals surface area contributed by atoms with E-state index >= 15 is 0 Å². The third-order valence-corrected chi connectivity index (χ3v) is 6.88. The largest absolute Gasteiger partial charge is 0.366 e. The van der Waals surface area contributed by atoms with Gasteiger partial charge in [0.2, 0.25) is 5.95 Å². The molecule has 2 N–H and O–H groups in total. The fourth-order valence-corrected chi connectivity index (χ4v) is 5.32. The quantitative estimate of drug-likeness (QED) is 0.598. The number of tetrazole rings is 1. The van der Waals surface area contributed by atoms with Crippen molar-refractivity contribution in [1.82, 2.24) is 35.1 Å². The third kappa shape index (κ3) is 4.14. The Kier molecular flexibility index (Phi) is 5.46. The molecule has 4 heterocycles. The van der Waals surface area contributed by atoms with Crippen LogP contribution in [0.2, 0.25) is 5.02 Å². The molecule has 2 aliphatic rings. The molecule has 2 aromatic heterocycles. The minimum Gasteiger partial charge on any atom is -0.366 e. The zero-order valence-corrected chi connectivity index (χ0v) is 19.3. The summed E-state index contributed by atoms with van der Waals surface area (Å²) in [6.45, 7) is 7.90. The lowest BCUT2D eigenvalue weighted by molar-refractivity contribution is 0.0501. The van der Waals surface area contributed by atoms with Gasteiger partial charge in [-0.2, -0.15) is 4.98 Å². The van der Waals surface area contributed by atoms with Gasteiger partial charge in [0.25, 0.3) is 0 Å². The van der Waals surface area contributed by atoms with Gasteiger partial charge in [-0.3, -0.25) is 4.90 Å². The molecule has 0 spiro atoms. The van der Waals surface area contributed by atoms with Crippen LogP contribution in [0.5, 0.6) is 0 Å². The molecule has 10 heteroatoms. The monoisotopic (exact) mass is 453 g/mol. The Morgan fingerprint density at radius 3 is 2.94 bits per heavy atom. The normalized spacial score (nSPS) is 22.5. The van der Waals surface area contributed by atoms with Crippen molar-refractivity contribution in [2.45, 2.75) is 64.1 Å². The summed E-state index contributed by atoms with van der Waals surface area (Å²) in [4.78, 5) is 11.7. The second kappa shape index (κ2) is 8.29. The summed E-state index contributed by atoms with van der Waals surface area (Å²) in [5.74, 6) is 1.16. The van der Waals surface area contributed by atoms with E-state index in [0.717, 1.165) is 29.8 Å². The van der Waals surface area contributed by atoms with Gasteiger partial charge in [-0.05, 0) is 81.1 Å². The Hall–Kier alpha value is -2.78. The highest BCUT2D eigenvalue weighted by Crippen LogP contribution is 2.39. The van der Waals surface area contributed by atoms with Gasteiger partial charge in [0, 0.05) is 23.3 Å². The van der Waals surface area contributed by atoms with E-state index < -0.39 is 0 Å². The fourth-order valence-electron chi connectivity index (χ4n) is 5.18. The highest BCUT2D eigenvalue weighted by molar-refractivity contribution is 6.32. The Morgan fingerprint density at radius 2 is 2.12 bits per heavy atom. The maximum absolute atomic E-state index is 6.46. The molecule has 0 bridgehead atoms. The number of nitrogens with one attached hydrogen (secondary N) is 2. The molecular formula is C22H28ClN9. The number of hydrogen-bond acceptors (Lipinski definition) is 8. The lowest BCUT2D eigenvalue weighted by atomic mass is 9.84. The van der Waals surface area contributed by atoms with Crippen LogP contribution in [-0.2, 0) is 0 Å². The van der Waals surface area contributed by atoms with E-state index in [4.69, 9.17) is 11.6 Å². The molecule has 0 amide bonds. The average molecular weight is 454 g/mol. The average Bonchev–Trinajstić information content (AvgIpc) is 3.44. The molecule has 0 radical (unpaired) electrons. The number of piperidine rings is 1. The summed E-state index contributed by atoms with van der Waals surface area (Å²) >= 11 is 6.46. The lowest BCUT2D eigenvalue weighted by Gasteiger charge is -2.47. The molecule has 5 rings (SSSR count). The Bertz CT molecular complexity index is 1100. The first-order chi connectivity index (χ1) is 15.4. The first kappa shape index (κ1) is 21.1. The summed E-state index contributed by atoms with van der Waals surface area (Å²) < 4.78 is 1.63. The van der Waals surface area contributed by atoms with Crippen LogP contribution in [-0.4, -0.2) is 59.2 Å². The van der Waals surface area contributed by atoms with Crippen molar-refractivity contribution in [2.24, 2.45) is 0 Å². The number of aromatic nitrogens is 6. The molecule has 2 atom stereocenters. The second-order valence-corrected chi connectivity index (χ2v) is 9.76. The predicted octanol–water partition coefficient (Wildman–Crippen LogP) is 3.98. The molecule has 0 aliphatic carbocycles. The van der Waals surface area contributed by atoms with Gasteiger partial charge in [-0.1, -0.05) is 17.7 Å². The van der Waals surface area contributed by atoms with E-state index in [2.05, 4.69) is 54.9 Å². The molecule has 2 saturated heterocycles. The summed E-state index contributed by atoms with van der Waals surface area (Å²) in [6, 6.07) is 6.91. The van der Waals surface area contributed by atoms with E-state index in [0.29, 0.717) is 28.9 Å². The number of anilines is 3. The van der Waals surface area contributed by atoms with Crippen LogP contribution < -0.4 is 10.6 Å². The van der Waals surface area contributed by atoms with Crippen LogP contribution in [0, 0.1) is 6.92 Å². The zero-order chi connectivity index (χ0) is 22.3. The number of fused-ring (bicyclic) bond motifs is 1. The number of halogens is 1. The Balaban J connectivity index is 1.34. The number of hydrogen-bond donors (Lipinski definition) is 2. The molecule has 32 heavy (non-hydrogen) atoms. The van der Waals surface area contributed by atoms with Gasteiger partial charge >= 0.3 is 0 Å². The van der Waals surface area contributed by atoms with Crippen LogP contribution in [0.25, 0.3) is 5.69 Å². The van der Waals surface area contributed by atoms with Crippen molar-refractivity contribution in [3.63, 3.8) is 0 Å². The lowest BCUT2D eigenvalue weighted by Crippen LogP contribution is -2.55. The van der Waals surface area contributed by atoms with Crippen LogP contribution >= 0.6 is 11.6 Å². The molecule has 0 unspecified atom stereocenters. The molecule has 9 nitrogen and oxygen atoms in total. The molecule has 0 saturated carbocycles. The van der Waals surface area contributed by atoms with Crippen LogP contribution in [0.4, 0.5) is 17.5 Å². The van der Waals surface area contributed by atoms with E-state index in [1.165, 1.54) is 19.4 Å². The molecule has 168 valence electrons. The van der Waals surface area contributed by atoms with Crippen molar-refractivity contribution in [3.8, 4) is 5.69 Å². The third-order valence-electron chi connectivity index (χ3n) is 6.60. The topological polar surface area (TPSA) is 96.7 Å². The van der Waals surface area contributed by atoms with Crippen LogP contribution in [0.1, 0.15) is 45.1 Å². The van der Waals surface area contributed by atoms with Crippen LogP contribution in [0.3, 0.4) is 0 Å². The van der Waals surface area contributed by atoms with E-state index in [9.17, 15) is 0 Å². The molecule has 2 fully saturated rings. The van der Waals surface area contributed by atoms with Gasteiger partial charge in [-0.15, -0.1) is 5.10 Å². The molecule has 2 aliphatic heterocycles. The summed E-state index contributed by atoms with van der Waals surface area (Å²) in [6.07, 6.45) is 7.94. The van der Waals surface area contributed by atoms with Crippen molar-refractivity contribution in [2.75, 3.05) is 17.2 Å². The first-order valence-corrected chi connectivity index (χ1v) is 11.4. The van der Waals surface area contributed by atoms with E-state index in [1.54, 1.807) is 17.2 Å². The van der Waals surface area contributed by atoms with Crippen molar-refractivity contribution < 1.29 is 0 Å². The van der Waals surface area contributed by atoms with Gasteiger partial charge < -0.3 is 10.6 Å². The van der Waals surface area contributed by atoms with Gasteiger partial charge in [0.1, 0.15) is 11.3 Å². The standard InChI is InChI=1S/C22H28ClN9/c1-14-6-7-15(10-19(14)32-13-25-29-30-32)27-21-24-12-18(23)20(28-21)26-16-9-17-5-4-8-31(17)22(2,3)11-16/h6-7,10,12-13,16-17H,4-5,8-9,11H2,1-3H3,(H2,24,26,27,28)/t16-,17+/m1/s1. The second-order valence-electron chi connectivity index (χ2n) is 9.35. The number of aryl methyl sites for hydroxylation is 1. The summed E-state index contributed by atoms with van der Waals surface area (Å²) in [5.41, 5.74) is 2.96. The summed E-state index contributed by atoms with van der Waals surface area (Å²) in [7, 11) is 0. The zero-order valence-electron chi connectivity index (χ0n) is 18.6. The first-order valence-electron chi connectivity index (χ1n) is 11.1. The number of benzene rings is 1. The Morgan fingerprint density at radius 1 is 1.25 bits per heavy atom.